The lowest BCUT2D eigenvalue weighted by Gasteiger charge is -2.18. The number of halogens is 1. The maximum absolute atomic E-state index is 13.7. The standard InChI is InChI=1S/C31H29FN6O/c32-25-5-3-4-22(14-25)29-9-8-26(10-11-35-29)37-31(39)30-28-16-21(6-7-23(28)17-34-20-36-30)24-15-27(19-33-18-24)38-12-1-2-13-38/h3-10,14-16,18-19,34H,1-2,11-13,17,20H2,(H,37,39). The zero-order valence-electron chi connectivity index (χ0n) is 21.5. The van der Waals surface area contributed by atoms with Gasteiger partial charge in [-0.2, -0.15) is 0 Å². The van der Waals surface area contributed by atoms with Gasteiger partial charge in [0, 0.05) is 48.2 Å². The molecule has 8 heteroatoms. The van der Waals surface area contributed by atoms with Crippen molar-refractivity contribution in [3.63, 3.8) is 0 Å². The lowest BCUT2D eigenvalue weighted by atomic mass is 9.96. The Bertz CT molecular complexity index is 1530. The largest absolute Gasteiger partial charge is 0.370 e. The number of nitrogens with one attached hydrogen (secondary N) is 2. The first-order valence-corrected chi connectivity index (χ1v) is 13.2. The van der Waals surface area contributed by atoms with E-state index >= 15 is 0 Å². The number of pyridine rings is 1. The van der Waals surface area contributed by atoms with Crippen molar-refractivity contribution in [3.8, 4) is 11.1 Å². The number of hydrogen-bond acceptors (Lipinski definition) is 6. The van der Waals surface area contributed by atoms with Crippen LogP contribution in [-0.2, 0) is 11.3 Å². The van der Waals surface area contributed by atoms with Gasteiger partial charge in [-0.05, 0) is 66.5 Å². The number of carbonyl (C=O) groups excluding carboxylic acids is 1. The maximum atomic E-state index is 13.7. The van der Waals surface area contributed by atoms with Crippen LogP contribution in [0.3, 0.4) is 0 Å². The van der Waals surface area contributed by atoms with Crippen molar-refractivity contribution in [2.75, 3.05) is 31.2 Å². The highest BCUT2D eigenvalue weighted by molar-refractivity contribution is 6.46. The fourth-order valence-electron chi connectivity index (χ4n) is 5.12. The van der Waals surface area contributed by atoms with E-state index in [0.29, 0.717) is 42.4 Å². The number of carbonyl (C=O) groups is 1. The molecule has 39 heavy (non-hydrogen) atoms. The Labute approximate surface area is 226 Å². The number of fused-ring (bicyclic) bond motifs is 1. The van der Waals surface area contributed by atoms with E-state index in [1.165, 1.54) is 25.0 Å². The van der Waals surface area contributed by atoms with Crippen LogP contribution in [-0.4, -0.2) is 48.6 Å². The van der Waals surface area contributed by atoms with Crippen LogP contribution in [0.25, 0.3) is 11.1 Å². The molecule has 3 aromatic rings. The first-order valence-electron chi connectivity index (χ1n) is 13.2. The van der Waals surface area contributed by atoms with Gasteiger partial charge in [0.1, 0.15) is 11.5 Å². The van der Waals surface area contributed by atoms with E-state index in [0.717, 1.165) is 41.0 Å². The lowest BCUT2D eigenvalue weighted by molar-refractivity contribution is -0.114. The summed E-state index contributed by atoms with van der Waals surface area (Å²) in [4.78, 5) is 29.5. The number of hydrogen-bond donors (Lipinski definition) is 2. The van der Waals surface area contributed by atoms with E-state index in [-0.39, 0.29) is 11.7 Å². The molecule has 7 nitrogen and oxygen atoms in total. The predicted molar refractivity (Wildman–Crippen MR) is 153 cm³/mol. The van der Waals surface area contributed by atoms with Crippen molar-refractivity contribution >= 4 is 23.0 Å². The second-order valence-corrected chi connectivity index (χ2v) is 9.77. The van der Waals surface area contributed by atoms with E-state index in [1.54, 1.807) is 18.2 Å². The van der Waals surface area contributed by atoms with Gasteiger partial charge in [-0.1, -0.05) is 24.3 Å². The zero-order chi connectivity index (χ0) is 26.6. The molecular formula is C31H29FN6O. The molecule has 6 rings (SSSR count). The third-order valence-electron chi connectivity index (χ3n) is 7.14. The normalized spacial score (nSPS) is 16.9. The van der Waals surface area contributed by atoms with E-state index in [2.05, 4.69) is 48.7 Å². The SMILES string of the molecule is O=C(NC1=CCN=C(c2cccc(F)c2)C=C1)C1=NCNCc2ccc(-c3cncc(N4CCCC4)c3)cc21. The number of anilines is 1. The van der Waals surface area contributed by atoms with Gasteiger partial charge in [-0.3, -0.25) is 25.1 Å². The van der Waals surface area contributed by atoms with Gasteiger partial charge in [0.25, 0.3) is 5.91 Å². The minimum absolute atomic E-state index is 0.286. The fraction of sp³-hybridized carbons (Fsp3) is 0.226. The number of allylic oxidation sites excluding steroid dienone is 2. The van der Waals surface area contributed by atoms with Gasteiger partial charge in [0.15, 0.2) is 0 Å². The summed E-state index contributed by atoms with van der Waals surface area (Å²) in [5.74, 6) is -0.600. The topological polar surface area (TPSA) is 82.0 Å². The monoisotopic (exact) mass is 520 g/mol. The summed E-state index contributed by atoms with van der Waals surface area (Å²) in [6.07, 6.45) is 11.6. The molecule has 0 spiro atoms. The van der Waals surface area contributed by atoms with E-state index in [1.807, 2.05) is 30.6 Å². The Morgan fingerprint density at radius 1 is 0.949 bits per heavy atom. The van der Waals surface area contributed by atoms with Gasteiger partial charge in [0.05, 0.1) is 30.8 Å². The molecule has 3 aliphatic heterocycles. The average Bonchev–Trinajstić information content (AvgIpc) is 3.29. The Morgan fingerprint density at radius 3 is 2.72 bits per heavy atom. The van der Waals surface area contributed by atoms with Gasteiger partial charge >= 0.3 is 0 Å². The molecule has 0 saturated carbocycles. The highest BCUT2D eigenvalue weighted by Gasteiger charge is 2.21. The molecule has 3 aliphatic rings. The van der Waals surface area contributed by atoms with Gasteiger partial charge < -0.3 is 10.2 Å². The van der Waals surface area contributed by atoms with Crippen molar-refractivity contribution in [3.05, 3.63) is 107 Å². The van der Waals surface area contributed by atoms with Crippen molar-refractivity contribution in [2.24, 2.45) is 9.98 Å². The first-order chi connectivity index (χ1) is 19.1. The van der Waals surface area contributed by atoms with Crippen LogP contribution in [0.5, 0.6) is 0 Å². The average molecular weight is 521 g/mol. The molecule has 1 aromatic heterocycles. The van der Waals surface area contributed by atoms with Gasteiger partial charge in [0.2, 0.25) is 0 Å². The summed E-state index contributed by atoms with van der Waals surface area (Å²) in [6, 6.07) is 14.7. The van der Waals surface area contributed by atoms with Crippen LogP contribution in [0.15, 0.2) is 94.8 Å². The van der Waals surface area contributed by atoms with Crippen LogP contribution < -0.4 is 15.5 Å². The minimum Gasteiger partial charge on any atom is -0.370 e. The minimum atomic E-state index is -0.314. The molecule has 1 saturated heterocycles. The third-order valence-corrected chi connectivity index (χ3v) is 7.14. The predicted octanol–water partition coefficient (Wildman–Crippen LogP) is 4.40. The maximum Gasteiger partial charge on any atom is 0.274 e. The number of rotatable bonds is 5. The highest BCUT2D eigenvalue weighted by Crippen LogP contribution is 2.28. The van der Waals surface area contributed by atoms with E-state index in [4.69, 9.17) is 0 Å². The smallest absolute Gasteiger partial charge is 0.274 e. The highest BCUT2D eigenvalue weighted by atomic mass is 19.1. The zero-order valence-corrected chi connectivity index (χ0v) is 21.5. The number of amides is 1. The Hall–Kier alpha value is -4.43. The molecular weight excluding hydrogens is 491 g/mol. The Morgan fingerprint density at radius 2 is 1.85 bits per heavy atom. The molecule has 2 N–H and O–H groups in total. The molecule has 0 radical (unpaired) electrons. The number of aliphatic imine (C=N–C) groups is 2. The Balaban J connectivity index is 1.23. The first kappa shape index (κ1) is 24.9. The molecule has 0 aliphatic carbocycles. The van der Waals surface area contributed by atoms with Crippen LogP contribution in [0.4, 0.5) is 10.1 Å². The van der Waals surface area contributed by atoms with Gasteiger partial charge in [-0.15, -0.1) is 0 Å². The van der Waals surface area contributed by atoms with Crippen LogP contribution in [0.1, 0.15) is 29.5 Å². The van der Waals surface area contributed by atoms with E-state index < -0.39 is 0 Å². The van der Waals surface area contributed by atoms with Gasteiger partial charge in [-0.25, -0.2) is 4.39 Å². The summed E-state index contributed by atoms with van der Waals surface area (Å²) in [7, 11) is 0. The van der Waals surface area contributed by atoms with Crippen molar-refractivity contribution < 1.29 is 9.18 Å². The second kappa shape index (κ2) is 11.1. The summed E-state index contributed by atoms with van der Waals surface area (Å²) in [5, 5.41) is 6.27. The molecule has 0 atom stereocenters. The van der Waals surface area contributed by atoms with Crippen LogP contribution in [0.2, 0.25) is 0 Å². The molecule has 4 heterocycles. The van der Waals surface area contributed by atoms with Crippen molar-refractivity contribution in [2.45, 2.75) is 19.4 Å². The quantitative estimate of drug-likeness (QED) is 0.523. The second-order valence-electron chi connectivity index (χ2n) is 9.77. The molecule has 1 amide bonds. The van der Waals surface area contributed by atoms with E-state index in [9.17, 15) is 9.18 Å². The summed E-state index contributed by atoms with van der Waals surface area (Å²) in [6.45, 7) is 3.44. The lowest BCUT2D eigenvalue weighted by Crippen LogP contribution is -2.31. The van der Waals surface area contributed by atoms with Crippen molar-refractivity contribution in [1.29, 1.82) is 0 Å². The Kier molecular flexibility index (Phi) is 7.10. The molecule has 0 bridgehead atoms. The number of nitrogens with zero attached hydrogens (tertiary/aromatic N) is 4. The van der Waals surface area contributed by atoms with Crippen molar-refractivity contribution in [1.82, 2.24) is 15.6 Å². The van der Waals surface area contributed by atoms with Crippen LogP contribution in [0, 0.1) is 5.82 Å². The molecule has 2 aromatic carbocycles. The van der Waals surface area contributed by atoms with Crippen LogP contribution >= 0.6 is 0 Å². The molecule has 196 valence electrons. The summed E-state index contributed by atoms with van der Waals surface area (Å²) < 4.78 is 13.7. The number of aromatic nitrogens is 1. The summed E-state index contributed by atoms with van der Waals surface area (Å²) >= 11 is 0. The number of benzene rings is 2. The fourth-order valence-corrected chi connectivity index (χ4v) is 5.12. The third kappa shape index (κ3) is 5.56. The summed E-state index contributed by atoms with van der Waals surface area (Å²) in [5.41, 5.74) is 7.29. The molecule has 0 unspecified atom stereocenters. The molecule has 1 fully saturated rings.